The summed E-state index contributed by atoms with van der Waals surface area (Å²) in [6.45, 7) is -0.0599. The van der Waals surface area contributed by atoms with Crippen molar-refractivity contribution in [2.75, 3.05) is 11.3 Å². The third-order valence-electron chi connectivity index (χ3n) is 4.39. The number of benzene rings is 2. The highest BCUT2D eigenvalue weighted by molar-refractivity contribution is 7.92. The predicted molar refractivity (Wildman–Crippen MR) is 118 cm³/mol. The molecule has 0 fully saturated rings. The summed E-state index contributed by atoms with van der Waals surface area (Å²) in [5.41, 5.74) is 1.84. The smallest absolute Gasteiger partial charge is 0.262 e. The van der Waals surface area contributed by atoms with Crippen molar-refractivity contribution < 1.29 is 13.2 Å². The Balaban J connectivity index is 1.81. The second kappa shape index (κ2) is 8.00. The fraction of sp³-hybridized carbons (Fsp3) is 0.0500. The van der Waals surface area contributed by atoms with E-state index in [2.05, 4.69) is 14.7 Å². The first-order valence-electron chi connectivity index (χ1n) is 8.57. The molecule has 152 valence electrons. The molecule has 0 atom stereocenters. The van der Waals surface area contributed by atoms with Crippen molar-refractivity contribution in [3.8, 4) is 0 Å². The molecule has 0 aliphatic carbocycles. The molecule has 0 radical (unpaired) electrons. The minimum atomic E-state index is -4.03. The number of nitrogens with one attached hydrogen (secondary N) is 1. The van der Waals surface area contributed by atoms with Crippen molar-refractivity contribution in [1.29, 1.82) is 0 Å². The van der Waals surface area contributed by atoms with E-state index in [1.54, 1.807) is 24.3 Å². The Morgan fingerprint density at radius 1 is 0.933 bits per heavy atom. The molecule has 1 aliphatic rings. The number of hydrogen-bond acceptors (Lipinski definition) is 5. The van der Waals surface area contributed by atoms with Crippen LogP contribution >= 0.6 is 34.8 Å². The summed E-state index contributed by atoms with van der Waals surface area (Å²) in [5, 5.41) is 0.568. The summed E-state index contributed by atoms with van der Waals surface area (Å²) in [4.78, 5) is 20.7. The Kier molecular flexibility index (Phi) is 5.55. The Bertz CT molecular complexity index is 1320. The van der Waals surface area contributed by atoms with E-state index in [1.807, 2.05) is 0 Å². The van der Waals surface area contributed by atoms with Crippen molar-refractivity contribution in [2.24, 2.45) is 4.99 Å². The lowest BCUT2D eigenvalue weighted by molar-refractivity contribution is 0.1000. The first-order valence-corrected chi connectivity index (χ1v) is 11.2. The van der Waals surface area contributed by atoms with Crippen molar-refractivity contribution in [3.63, 3.8) is 0 Å². The number of rotatable bonds is 4. The quantitative estimate of drug-likeness (QED) is 0.576. The zero-order chi connectivity index (χ0) is 21.5. The molecule has 0 amide bonds. The van der Waals surface area contributed by atoms with Gasteiger partial charge >= 0.3 is 0 Å². The van der Waals surface area contributed by atoms with Crippen LogP contribution in [-0.2, 0) is 10.0 Å². The average molecular weight is 481 g/mol. The first kappa shape index (κ1) is 20.8. The topological polar surface area (TPSA) is 88.5 Å². The van der Waals surface area contributed by atoms with Gasteiger partial charge in [0.25, 0.3) is 10.0 Å². The maximum absolute atomic E-state index is 12.9. The van der Waals surface area contributed by atoms with Crippen LogP contribution < -0.4 is 4.72 Å². The Morgan fingerprint density at radius 3 is 2.40 bits per heavy atom. The van der Waals surface area contributed by atoms with Crippen LogP contribution in [0.4, 0.5) is 5.69 Å². The molecule has 10 heteroatoms. The number of pyridine rings is 1. The van der Waals surface area contributed by atoms with E-state index in [0.717, 1.165) is 0 Å². The van der Waals surface area contributed by atoms with Gasteiger partial charge in [0.15, 0.2) is 5.78 Å². The van der Waals surface area contributed by atoms with Gasteiger partial charge in [0.2, 0.25) is 0 Å². The Morgan fingerprint density at radius 2 is 1.67 bits per heavy atom. The number of carbonyl (C=O) groups excluding carboxylic acids is 1. The van der Waals surface area contributed by atoms with E-state index in [9.17, 15) is 13.2 Å². The molecule has 0 saturated heterocycles. The van der Waals surface area contributed by atoms with E-state index in [4.69, 9.17) is 34.8 Å². The van der Waals surface area contributed by atoms with Crippen LogP contribution in [0.25, 0.3) is 0 Å². The van der Waals surface area contributed by atoms with Crippen molar-refractivity contribution >= 4 is 62.0 Å². The molecule has 1 aromatic heterocycles. The van der Waals surface area contributed by atoms with Gasteiger partial charge in [-0.3, -0.25) is 19.5 Å². The van der Waals surface area contributed by atoms with Crippen LogP contribution in [0, 0.1) is 0 Å². The van der Waals surface area contributed by atoms with E-state index < -0.39 is 10.0 Å². The van der Waals surface area contributed by atoms with Crippen LogP contribution in [-0.4, -0.2) is 31.4 Å². The number of Topliss-reactive ketones (excluding diaryl/α,β-unsaturated/α-hetero) is 1. The second-order valence-electron chi connectivity index (χ2n) is 6.36. The molecule has 4 rings (SSSR count). The number of carbonyl (C=O) groups is 1. The third-order valence-corrected chi connectivity index (χ3v) is 6.70. The molecule has 2 heterocycles. The van der Waals surface area contributed by atoms with Crippen LogP contribution in [0.1, 0.15) is 21.6 Å². The Labute approximate surface area is 187 Å². The van der Waals surface area contributed by atoms with Gasteiger partial charge in [0.1, 0.15) is 12.2 Å². The first-order chi connectivity index (χ1) is 14.3. The number of hydrogen-bond donors (Lipinski definition) is 1. The van der Waals surface area contributed by atoms with Gasteiger partial charge in [-0.25, -0.2) is 8.42 Å². The number of nitrogens with zero attached hydrogens (tertiary/aromatic N) is 2. The third kappa shape index (κ3) is 3.94. The van der Waals surface area contributed by atoms with Gasteiger partial charge in [-0.1, -0.05) is 59.1 Å². The lowest BCUT2D eigenvalue weighted by Gasteiger charge is -2.18. The Hall–Kier alpha value is -2.45. The summed E-state index contributed by atoms with van der Waals surface area (Å²) >= 11 is 17.9. The number of halogens is 3. The highest BCUT2D eigenvalue weighted by Gasteiger charge is 2.26. The molecule has 0 bridgehead atoms. The highest BCUT2D eigenvalue weighted by Crippen LogP contribution is 2.29. The standard InChI is InChI=1S/C20H12Cl3N3O3S/c21-11-7-17(26-30(28,29)12-5-6-15(22)16(23)8-12)20(24-9-11)19-14-4-2-1-3-13(14)18(27)10-25-19/h1-9,26H,10H2. The van der Waals surface area contributed by atoms with Crippen LogP contribution in [0.2, 0.25) is 15.1 Å². The second-order valence-corrected chi connectivity index (χ2v) is 9.30. The number of sulfonamides is 1. The lowest BCUT2D eigenvalue weighted by Crippen LogP contribution is -2.23. The van der Waals surface area contributed by atoms with Crippen molar-refractivity contribution in [3.05, 3.63) is 86.6 Å². The van der Waals surface area contributed by atoms with E-state index in [-0.39, 0.29) is 43.7 Å². The minimum absolute atomic E-state index is 0.0599. The zero-order valence-corrected chi connectivity index (χ0v) is 18.1. The molecule has 6 nitrogen and oxygen atoms in total. The molecule has 0 unspecified atom stereocenters. The predicted octanol–water partition coefficient (Wildman–Crippen LogP) is 4.88. The summed E-state index contributed by atoms with van der Waals surface area (Å²) in [5.74, 6) is -0.124. The summed E-state index contributed by atoms with van der Waals surface area (Å²) in [6, 6.07) is 12.4. The van der Waals surface area contributed by atoms with E-state index in [0.29, 0.717) is 16.8 Å². The molecule has 1 N–H and O–H groups in total. The number of ketones is 1. The molecule has 0 spiro atoms. The van der Waals surface area contributed by atoms with E-state index >= 15 is 0 Å². The number of aliphatic imine (C=N–C) groups is 1. The fourth-order valence-electron chi connectivity index (χ4n) is 3.01. The van der Waals surface area contributed by atoms with Gasteiger partial charge in [-0.05, 0) is 24.3 Å². The monoisotopic (exact) mass is 479 g/mol. The largest absolute Gasteiger partial charge is 0.292 e. The highest BCUT2D eigenvalue weighted by atomic mass is 35.5. The van der Waals surface area contributed by atoms with Crippen molar-refractivity contribution in [2.45, 2.75) is 4.90 Å². The van der Waals surface area contributed by atoms with Crippen molar-refractivity contribution in [1.82, 2.24) is 4.98 Å². The minimum Gasteiger partial charge on any atom is -0.292 e. The summed E-state index contributed by atoms with van der Waals surface area (Å²) < 4.78 is 28.4. The maximum atomic E-state index is 12.9. The van der Waals surface area contributed by atoms with E-state index in [1.165, 1.54) is 30.5 Å². The molecule has 2 aromatic carbocycles. The van der Waals surface area contributed by atoms with Crippen LogP contribution in [0.5, 0.6) is 0 Å². The van der Waals surface area contributed by atoms with Crippen LogP contribution in [0.3, 0.4) is 0 Å². The summed E-state index contributed by atoms with van der Waals surface area (Å²) in [7, 11) is -4.03. The number of anilines is 1. The van der Waals surface area contributed by atoms with Gasteiger partial charge in [0.05, 0.1) is 31.4 Å². The maximum Gasteiger partial charge on any atom is 0.262 e. The molecule has 1 aliphatic heterocycles. The normalized spacial score (nSPS) is 13.6. The number of aromatic nitrogens is 1. The van der Waals surface area contributed by atoms with Gasteiger partial charge in [-0.15, -0.1) is 0 Å². The molecule has 30 heavy (non-hydrogen) atoms. The molecule has 0 saturated carbocycles. The lowest BCUT2D eigenvalue weighted by atomic mass is 9.94. The molecular weight excluding hydrogens is 469 g/mol. The van der Waals surface area contributed by atoms with Gasteiger partial charge in [0, 0.05) is 17.3 Å². The SMILES string of the molecule is O=C1CN=C(c2ncc(Cl)cc2NS(=O)(=O)c2ccc(Cl)c(Cl)c2)c2ccccc21. The zero-order valence-electron chi connectivity index (χ0n) is 15.1. The summed E-state index contributed by atoms with van der Waals surface area (Å²) in [6.07, 6.45) is 1.38. The number of fused-ring (bicyclic) bond motifs is 1. The molecular formula is C20H12Cl3N3O3S. The van der Waals surface area contributed by atoms with Gasteiger partial charge in [-0.2, -0.15) is 0 Å². The van der Waals surface area contributed by atoms with Crippen LogP contribution in [0.15, 0.2) is 64.6 Å². The average Bonchev–Trinajstić information content (AvgIpc) is 2.71. The van der Waals surface area contributed by atoms with Gasteiger partial charge < -0.3 is 0 Å². The fourth-order valence-corrected chi connectivity index (χ4v) is 4.61. The molecule has 3 aromatic rings.